The Balaban J connectivity index is 2.34. The Morgan fingerprint density at radius 1 is 1.21 bits per heavy atom. The molecule has 1 fully saturated rings. The first-order valence-electron chi connectivity index (χ1n) is 5.29. The normalized spacial score (nSPS) is 22.3. The lowest BCUT2D eigenvalue weighted by Gasteiger charge is -2.10. The van der Waals surface area contributed by atoms with Crippen molar-refractivity contribution in [2.24, 2.45) is 0 Å². The molecule has 4 N–H and O–H groups in total. The van der Waals surface area contributed by atoms with Gasteiger partial charge >= 0.3 is 17.9 Å². The molecule has 1 aromatic heterocycles. The maximum absolute atomic E-state index is 11.1. The summed E-state index contributed by atoms with van der Waals surface area (Å²) in [6.45, 7) is 0.180. The molecule has 2 rings (SSSR count). The predicted octanol–water partition coefficient (Wildman–Crippen LogP) is -1.34. The molecule has 10 nitrogen and oxygen atoms in total. The van der Waals surface area contributed by atoms with Gasteiger partial charge in [-0.05, 0) is 6.42 Å². The molecule has 10 heteroatoms. The van der Waals surface area contributed by atoms with E-state index in [-0.39, 0.29) is 13.0 Å². The lowest BCUT2D eigenvalue weighted by Crippen LogP contribution is -2.29. The van der Waals surface area contributed by atoms with Crippen molar-refractivity contribution in [1.29, 1.82) is 0 Å². The fourth-order valence-electron chi connectivity index (χ4n) is 1.98. The fraction of sp³-hybridized carbons (Fsp3) is 0.444. The maximum Gasteiger partial charge on any atom is 0.359 e. The van der Waals surface area contributed by atoms with Crippen LogP contribution in [0.15, 0.2) is 0 Å². The van der Waals surface area contributed by atoms with Gasteiger partial charge in [0, 0.05) is 6.54 Å². The number of aromatic nitrogens is 3. The van der Waals surface area contributed by atoms with Crippen LogP contribution in [0, 0.1) is 0 Å². The predicted molar refractivity (Wildman–Crippen MR) is 57.0 cm³/mol. The summed E-state index contributed by atoms with van der Waals surface area (Å²) in [6, 6.07) is -1.38. The molecule has 2 heterocycles. The number of nitrogens with zero attached hydrogens (tertiary/aromatic N) is 3. The first-order valence-corrected chi connectivity index (χ1v) is 5.29. The highest BCUT2D eigenvalue weighted by molar-refractivity contribution is 5.98. The third kappa shape index (κ3) is 2.25. The topological polar surface area (TPSA) is 155 Å². The Morgan fingerprint density at radius 3 is 2.37 bits per heavy atom. The maximum atomic E-state index is 11.1. The zero-order valence-electron chi connectivity index (χ0n) is 9.48. The molecule has 0 radical (unpaired) electrons. The second-order valence-electron chi connectivity index (χ2n) is 4.03. The molecule has 1 aliphatic rings. The van der Waals surface area contributed by atoms with Crippen LogP contribution in [0.1, 0.15) is 33.4 Å². The Labute approximate surface area is 105 Å². The quantitative estimate of drug-likeness (QED) is 0.520. The van der Waals surface area contributed by atoms with Gasteiger partial charge in [-0.1, -0.05) is 5.21 Å². The second-order valence-corrected chi connectivity index (χ2v) is 4.03. The minimum atomic E-state index is -1.50. The molecule has 0 aromatic carbocycles. The van der Waals surface area contributed by atoms with E-state index in [4.69, 9.17) is 15.3 Å². The van der Waals surface area contributed by atoms with E-state index in [0.29, 0.717) is 0 Å². The highest BCUT2D eigenvalue weighted by Gasteiger charge is 2.35. The zero-order chi connectivity index (χ0) is 14.2. The molecule has 19 heavy (non-hydrogen) atoms. The van der Waals surface area contributed by atoms with Gasteiger partial charge in [-0.15, -0.1) is 5.10 Å². The summed E-state index contributed by atoms with van der Waals surface area (Å²) in [5, 5.41) is 36.2. The number of nitrogens with one attached hydrogen (secondary N) is 1. The van der Waals surface area contributed by atoms with Crippen LogP contribution < -0.4 is 5.32 Å². The van der Waals surface area contributed by atoms with Crippen LogP contribution in [-0.4, -0.2) is 60.8 Å². The number of carboxylic acids is 3. The number of carboxylic acid groups (broad SMARTS) is 3. The van der Waals surface area contributed by atoms with Gasteiger partial charge in [-0.2, -0.15) is 0 Å². The summed E-state index contributed by atoms with van der Waals surface area (Å²) in [5.41, 5.74) is -1.21. The van der Waals surface area contributed by atoms with Crippen LogP contribution in [-0.2, 0) is 4.79 Å². The lowest BCUT2D eigenvalue weighted by molar-refractivity contribution is -0.139. The average Bonchev–Trinajstić information content (AvgIpc) is 2.95. The van der Waals surface area contributed by atoms with Gasteiger partial charge in [0.2, 0.25) is 5.69 Å². The minimum Gasteiger partial charge on any atom is -0.480 e. The standard InChI is InChI=1S/C9H10N4O6/c14-7(15)4-1-3(2-10-4)13-6(9(18)19)5(8(16)17)11-12-13/h3-4,10H,1-2H2,(H,14,15)(H,16,17)(H,18,19). The van der Waals surface area contributed by atoms with E-state index in [0.717, 1.165) is 4.68 Å². The molecule has 1 saturated heterocycles. The van der Waals surface area contributed by atoms with Crippen molar-refractivity contribution in [2.45, 2.75) is 18.5 Å². The smallest absolute Gasteiger partial charge is 0.359 e. The highest BCUT2D eigenvalue weighted by Crippen LogP contribution is 2.22. The number of hydrogen-bond donors (Lipinski definition) is 4. The Hall–Kier alpha value is -2.49. The summed E-state index contributed by atoms with van der Waals surface area (Å²) in [7, 11) is 0. The van der Waals surface area contributed by atoms with Crippen molar-refractivity contribution >= 4 is 17.9 Å². The Bertz CT molecular complexity index is 553. The van der Waals surface area contributed by atoms with Crippen molar-refractivity contribution in [2.75, 3.05) is 6.54 Å². The fourth-order valence-corrected chi connectivity index (χ4v) is 1.98. The Kier molecular flexibility index (Phi) is 3.17. The van der Waals surface area contributed by atoms with Gasteiger partial charge in [-0.25, -0.2) is 14.3 Å². The third-order valence-corrected chi connectivity index (χ3v) is 2.85. The number of hydrogen-bond acceptors (Lipinski definition) is 6. The van der Waals surface area contributed by atoms with Gasteiger partial charge in [0.1, 0.15) is 6.04 Å². The molecule has 2 atom stereocenters. The monoisotopic (exact) mass is 270 g/mol. The summed E-state index contributed by atoms with van der Waals surface area (Å²) < 4.78 is 0.946. The van der Waals surface area contributed by atoms with Crippen molar-refractivity contribution in [3.05, 3.63) is 11.4 Å². The first kappa shape index (κ1) is 13.0. The van der Waals surface area contributed by atoms with Gasteiger partial charge in [0.15, 0.2) is 5.69 Å². The number of rotatable bonds is 4. The summed E-state index contributed by atoms with van der Waals surface area (Å²) in [5.74, 6) is -4.02. The van der Waals surface area contributed by atoms with Crippen LogP contribution in [0.4, 0.5) is 0 Å². The molecule has 2 unspecified atom stereocenters. The van der Waals surface area contributed by atoms with E-state index in [2.05, 4.69) is 15.6 Å². The molecule has 0 bridgehead atoms. The Morgan fingerprint density at radius 2 is 1.89 bits per heavy atom. The lowest BCUT2D eigenvalue weighted by atomic mass is 10.1. The number of aromatic carboxylic acids is 2. The third-order valence-electron chi connectivity index (χ3n) is 2.85. The van der Waals surface area contributed by atoms with Crippen LogP contribution in [0.3, 0.4) is 0 Å². The van der Waals surface area contributed by atoms with Crippen molar-refractivity contribution < 1.29 is 29.7 Å². The van der Waals surface area contributed by atoms with E-state index in [1.54, 1.807) is 0 Å². The minimum absolute atomic E-state index is 0.109. The van der Waals surface area contributed by atoms with E-state index in [1.165, 1.54) is 0 Å². The molecule has 0 amide bonds. The summed E-state index contributed by atoms with van der Waals surface area (Å²) in [4.78, 5) is 32.7. The molecule has 0 spiro atoms. The van der Waals surface area contributed by atoms with E-state index in [1.807, 2.05) is 0 Å². The van der Waals surface area contributed by atoms with Gasteiger partial charge < -0.3 is 20.6 Å². The van der Waals surface area contributed by atoms with Crippen molar-refractivity contribution in [3.8, 4) is 0 Å². The summed E-state index contributed by atoms with van der Waals surface area (Å²) >= 11 is 0. The zero-order valence-corrected chi connectivity index (χ0v) is 9.48. The molecule has 1 aromatic rings. The van der Waals surface area contributed by atoms with Crippen LogP contribution in [0.5, 0.6) is 0 Å². The molecule has 0 saturated carbocycles. The summed E-state index contributed by atoms with van der Waals surface area (Å²) in [6.07, 6.45) is 0.109. The number of carbonyl (C=O) groups is 3. The van der Waals surface area contributed by atoms with E-state index in [9.17, 15) is 14.4 Å². The van der Waals surface area contributed by atoms with E-state index >= 15 is 0 Å². The van der Waals surface area contributed by atoms with Crippen LogP contribution >= 0.6 is 0 Å². The van der Waals surface area contributed by atoms with Crippen molar-refractivity contribution in [1.82, 2.24) is 20.3 Å². The highest BCUT2D eigenvalue weighted by atomic mass is 16.4. The molecular weight excluding hydrogens is 260 g/mol. The van der Waals surface area contributed by atoms with Gasteiger partial charge in [-0.3, -0.25) is 4.79 Å². The largest absolute Gasteiger partial charge is 0.480 e. The van der Waals surface area contributed by atoms with Gasteiger partial charge in [0.05, 0.1) is 6.04 Å². The molecule has 0 aliphatic carbocycles. The average molecular weight is 270 g/mol. The number of aliphatic carboxylic acids is 1. The SMILES string of the molecule is O=C(O)c1nnn(C2CNC(C(=O)O)C2)c1C(=O)O. The van der Waals surface area contributed by atoms with E-state index < -0.39 is 41.4 Å². The second kappa shape index (κ2) is 4.65. The van der Waals surface area contributed by atoms with Crippen LogP contribution in [0.2, 0.25) is 0 Å². The van der Waals surface area contributed by atoms with Crippen LogP contribution in [0.25, 0.3) is 0 Å². The molecule has 1 aliphatic heterocycles. The molecular formula is C9H10N4O6. The van der Waals surface area contributed by atoms with Crippen molar-refractivity contribution in [3.63, 3.8) is 0 Å². The molecule has 102 valence electrons. The first-order chi connectivity index (χ1) is 8.91. The van der Waals surface area contributed by atoms with Gasteiger partial charge in [0.25, 0.3) is 0 Å².